The van der Waals surface area contributed by atoms with Gasteiger partial charge in [0, 0.05) is 31.9 Å². The summed E-state index contributed by atoms with van der Waals surface area (Å²) in [5, 5.41) is 9.52. The standard InChI is InChI=1S/C17H27N3Si/c1-6-17-15(13-20(2)19-17)12-18-11-14-7-9-16(10-8-14)21(3,4)5/h7-10,13,18H,6,11-12H2,1-5H3. The maximum Gasteiger partial charge on any atom is 0.0775 e. The summed E-state index contributed by atoms with van der Waals surface area (Å²) in [6, 6.07) is 9.10. The largest absolute Gasteiger partial charge is 0.308 e. The smallest absolute Gasteiger partial charge is 0.0775 e. The highest BCUT2D eigenvalue weighted by Crippen LogP contribution is 2.08. The third-order valence-corrected chi connectivity index (χ3v) is 5.86. The first-order valence-corrected chi connectivity index (χ1v) is 11.2. The summed E-state index contributed by atoms with van der Waals surface area (Å²) in [4.78, 5) is 0. The van der Waals surface area contributed by atoms with Crippen LogP contribution in [0.1, 0.15) is 23.7 Å². The van der Waals surface area contributed by atoms with Gasteiger partial charge in [-0.05, 0) is 12.0 Å². The Bertz CT molecular complexity index is 579. The van der Waals surface area contributed by atoms with Crippen LogP contribution in [0.4, 0.5) is 0 Å². The zero-order valence-electron chi connectivity index (χ0n) is 13.9. The van der Waals surface area contributed by atoms with Gasteiger partial charge in [-0.2, -0.15) is 5.10 Å². The molecule has 0 aliphatic carbocycles. The summed E-state index contributed by atoms with van der Waals surface area (Å²) in [5.41, 5.74) is 3.84. The summed E-state index contributed by atoms with van der Waals surface area (Å²) in [5.74, 6) is 0. The molecule has 0 saturated heterocycles. The summed E-state index contributed by atoms with van der Waals surface area (Å²) < 4.78 is 1.90. The molecule has 2 rings (SSSR count). The predicted molar refractivity (Wildman–Crippen MR) is 92.6 cm³/mol. The molecular formula is C17H27N3Si. The lowest BCUT2D eigenvalue weighted by molar-refractivity contribution is 0.688. The molecule has 0 radical (unpaired) electrons. The lowest BCUT2D eigenvalue weighted by Gasteiger charge is -2.16. The van der Waals surface area contributed by atoms with E-state index in [9.17, 15) is 0 Å². The molecule has 0 fully saturated rings. The predicted octanol–water partition coefficient (Wildman–Crippen LogP) is 2.82. The van der Waals surface area contributed by atoms with Gasteiger partial charge in [-0.3, -0.25) is 4.68 Å². The van der Waals surface area contributed by atoms with E-state index in [-0.39, 0.29) is 0 Å². The molecular weight excluding hydrogens is 274 g/mol. The third-order valence-electron chi connectivity index (χ3n) is 3.79. The van der Waals surface area contributed by atoms with Crippen molar-refractivity contribution < 1.29 is 0 Å². The summed E-state index contributed by atoms with van der Waals surface area (Å²) in [6.45, 7) is 11.1. The van der Waals surface area contributed by atoms with Gasteiger partial charge in [0.15, 0.2) is 0 Å². The SMILES string of the molecule is CCc1nn(C)cc1CNCc1ccc([Si](C)(C)C)cc1. The minimum atomic E-state index is -1.18. The van der Waals surface area contributed by atoms with Crippen LogP contribution < -0.4 is 10.5 Å². The van der Waals surface area contributed by atoms with E-state index in [4.69, 9.17) is 0 Å². The van der Waals surface area contributed by atoms with Crippen LogP contribution >= 0.6 is 0 Å². The van der Waals surface area contributed by atoms with Crippen molar-refractivity contribution in [3.05, 3.63) is 47.3 Å². The number of nitrogens with one attached hydrogen (secondary N) is 1. The van der Waals surface area contributed by atoms with Gasteiger partial charge in [0.05, 0.1) is 13.8 Å². The minimum Gasteiger partial charge on any atom is -0.308 e. The first kappa shape index (κ1) is 16.0. The molecule has 0 bridgehead atoms. The number of hydrogen-bond donors (Lipinski definition) is 1. The van der Waals surface area contributed by atoms with Gasteiger partial charge in [0.1, 0.15) is 0 Å². The van der Waals surface area contributed by atoms with Crippen LogP contribution in [-0.4, -0.2) is 17.9 Å². The van der Waals surface area contributed by atoms with Crippen LogP contribution in [0.15, 0.2) is 30.5 Å². The number of aryl methyl sites for hydroxylation is 2. The fraction of sp³-hybridized carbons (Fsp3) is 0.471. The molecule has 0 aliphatic rings. The van der Waals surface area contributed by atoms with Gasteiger partial charge in [0.2, 0.25) is 0 Å². The molecule has 114 valence electrons. The fourth-order valence-electron chi connectivity index (χ4n) is 2.49. The molecule has 0 unspecified atom stereocenters. The fourth-order valence-corrected chi connectivity index (χ4v) is 3.66. The molecule has 4 heteroatoms. The Balaban J connectivity index is 1.91. The van der Waals surface area contributed by atoms with Gasteiger partial charge < -0.3 is 5.32 Å². The van der Waals surface area contributed by atoms with E-state index in [0.29, 0.717) is 0 Å². The van der Waals surface area contributed by atoms with Gasteiger partial charge in [0.25, 0.3) is 0 Å². The van der Waals surface area contributed by atoms with Gasteiger partial charge in [-0.15, -0.1) is 0 Å². The quantitative estimate of drug-likeness (QED) is 0.832. The number of aromatic nitrogens is 2. The molecule has 2 aromatic rings. The van der Waals surface area contributed by atoms with Crippen LogP contribution in [-0.2, 0) is 26.6 Å². The summed E-state index contributed by atoms with van der Waals surface area (Å²) >= 11 is 0. The van der Waals surface area contributed by atoms with Crippen molar-refractivity contribution in [1.82, 2.24) is 15.1 Å². The van der Waals surface area contributed by atoms with Crippen molar-refractivity contribution in [2.24, 2.45) is 7.05 Å². The van der Waals surface area contributed by atoms with E-state index in [0.717, 1.165) is 19.5 Å². The molecule has 0 amide bonds. The second-order valence-electron chi connectivity index (χ2n) is 6.68. The van der Waals surface area contributed by atoms with E-state index in [2.05, 4.69) is 67.4 Å². The Labute approximate surface area is 129 Å². The molecule has 1 N–H and O–H groups in total. The zero-order chi connectivity index (χ0) is 15.5. The lowest BCUT2D eigenvalue weighted by Crippen LogP contribution is -2.37. The second kappa shape index (κ2) is 6.58. The number of benzene rings is 1. The number of rotatable bonds is 6. The van der Waals surface area contributed by atoms with Crippen LogP contribution in [0.5, 0.6) is 0 Å². The van der Waals surface area contributed by atoms with Crippen LogP contribution in [0.3, 0.4) is 0 Å². The van der Waals surface area contributed by atoms with Crippen molar-refractivity contribution in [2.45, 2.75) is 46.1 Å². The van der Waals surface area contributed by atoms with Crippen molar-refractivity contribution >= 4 is 13.3 Å². The Morgan fingerprint density at radius 2 is 1.76 bits per heavy atom. The normalized spacial score (nSPS) is 11.9. The summed E-state index contributed by atoms with van der Waals surface area (Å²) in [7, 11) is 0.803. The van der Waals surface area contributed by atoms with Gasteiger partial charge in [-0.25, -0.2) is 0 Å². The highest BCUT2D eigenvalue weighted by molar-refractivity contribution is 6.88. The lowest BCUT2D eigenvalue weighted by atomic mass is 10.2. The number of nitrogens with zero attached hydrogens (tertiary/aromatic N) is 2. The van der Waals surface area contributed by atoms with E-state index in [1.807, 2.05) is 11.7 Å². The number of hydrogen-bond acceptors (Lipinski definition) is 2. The Morgan fingerprint density at radius 1 is 1.10 bits per heavy atom. The molecule has 1 heterocycles. The van der Waals surface area contributed by atoms with Gasteiger partial charge >= 0.3 is 0 Å². The van der Waals surface area contributed by atoms with Gasteiger partial charge in [-0.1, -0.05) is 56.0 Å². The Kier molecular flexibility index (Phi) is 5.01. The monoisotopic (exact) mass is 301 g/mol. The van der Waals surface area contributed by atoms with E-state index in [1.54, 1.807) is 0 Å². The van der Waals surface area contributed by atoms with Crippen molar-refractivity contribution in [1.29, 1.82) is 0 Å². The van der Waals surface area contributed by atoms with Crippen LogP contribution in [0, 0.1) is 0 Å². The third kappa shape index (κ3) is 4.28. The molecule has 21 heavy (non-hydrogen) atoms. The van der Waals surface area contributed by atoms with Crippen molar-refractivity contribution in [2.75, 3.05) is 0 Å². The maximum atomic E-state index is 4.47. The maximum absolute atomic E-state index is 4.47. The molecule has 0 atom stereocenters. The Morgan fingerprint density at radius 3 is 2.33 bits per heavy atom. The van der Waals surface area contributed by atoms with E-state index in [1.165, 1.54) is 22.0 Å². The van der Waals surface area contributed by atoms with Crippen molar-refractivity contribution in [3.63, 3.8) is 0 Å². The second-order valence-corrected chi connectivity index (χ2v) is 11.8. The van der Waals surface area contributed by atoms with E-state index < -0.39 is 8.07 Å². The first-order valence-electron chi connectivity index (χ1n) is 7.71. The van der Waals surface area contributed by atoms with Crippen molar-refractivity contribution in [3.8, 4) is 0 Å². The molecule has 1 aromatic heterocycles. The average molecular weight is 302 g/mol. The first-order chi connectivity index (χ1) is 9.90. The molecule has 0 aliphatic heterocycles. The molecule has 1 aromatic carbocycles. The topological polar surface area (TPSA) is 29.9 Å². The zero-order valence-corrected chi connectivity index (χ0v) is 14.9. The van der Waals surface area contributed by atoms with Crippen LogP contribution in [0.2, 0.25) is 19.6 Å². The van der Waals surface area contributed by atoms with Crippen LogP contribution in [0.25, 0.3) is 0 Å². The van der Waals surface area contributed by atoms with E-state index >= 15 is 0 Å². The minimum absolute atomic E-state index is 0.882. The Hall–Kier alpha value is -1.39. The molecule has 0 saturated carbocycles. The highest BCUT2D eigenvalue weighted by Gasteiger charge is 2.15. The average Bonchev–Trinajstić information content (AvgIpc) is 2.79. The molecule has 3 nitrogen and oxygen atoms in total. The highest BCUT2D eigenvalue weighted by atomic mass is 28.3. The molecule has 0 spiro atoms. The summed E-state index contributed by atoms with van der Waals surface area (Å²) in [6.07, 6.45) is 3.10.